The lowest BCUT2D eigenvalue weighted by Crippen LogP contribution is -1.99. The average Bonchev–Trinajstić information content (AvgIpc) is 3.00. The zero-order valence-corrected chi connectivity index (χ0v) is 17.5. The second-order valence-corrected chi connectivity index (χ2v) is 8.74. The molecule has 0 bridgehead atoms. The monoisotopic (exact) mass is 419 g/mol. The lowest BCUT2D eigenvalue weighted by Gasteiger charge is -2.07. The number of sulfonamides is 1. The summed E-state index contributed by atoms with van der Waals surface area (Å²) < 4.78 is 30.9. The molecular weight excluding hydrogens is 398 g/mol. The van der Waals surface area contributed by atoms with Gasteiger partial charge in [0, 0.05) is 5.39 Å². The van der Waals surface area contributed by atoms with Gasteiger partial charge in [0.25, 0.3) is 10.0 Å². The van der Waals surface area contributed by atoms with Crippen molar-refractivity contribution in [2.24, 2.45) is 9.63 Å². The molecule has 1 N–H and O–H groups in total. The van der Waals surface area contributed by atoms with Gasteiger partial charge in [0.2, 0.25) is 5.88 Å². The van der Waals surface area contributed by atoms with E-state index in [1.807, 2.05) is 61.5 Å². The molecule has 0 aliphatic heterocycles. The van der Waals surface area contributed by atoms with E-state index >= 15 is 0 Å². The van der Waals surface area contributed by atoms with Crippen LogP contribution in [-0.4, -0.2) is 18.1 Å². The van der Waals surface area contributed by atoms with Crippen LogP contribution in [0.3, 0.4) is 0 Å². The first kappa shape index (κ1) is 19.8. The fourth-order valence-electron chi connectivity index (χ4n) is 3.42. The van der Waals surface area contributed by atoms with E-state index in [-0.39, 0.29) is 16.5 Å². The van der Waals surface area contributed by atoms with Crippen molar-refractivity contribution in [3.8, 4) is 5.88 Å². The molecule has 4 aromatic rings. The molecule has 0 radical (unpaired) electrons. The highest BCUT2D eigenvalue weighted by Crippen LogP contribution is 2.39. The Morgan fingerprint density at radius 1 is 0.933 bits per heavy atom. The summed E-state index contributed by atoms with van der Waals surface area (Å²) in [6, 6.07) is 22.2. The van der Waals surface area contributed by atoms with Crippen molar-refractivity contribution in [2.75, 3.05) is 0 Å². The lowest BCUT2D eigenvalue weighted by atomic mass is 10.2. The minimum absolute atomic E-state index is 0.110. The second kappa shape index (κ2) is 7.76. The molecule has 1 aromatic heterocycles. The maximum atomic E-state index is 12.8. The Balaban J connectivity index is 1.80. The quantitative estimate of drug-likeness (QED) is 0.434. The van der Waals surface area contributed by atoms with Crippen LogP contribution in [0.2, 0.25) is 0 Å². The van der Waals surface area contributed by atoms with E-state index in [0.717, 1.165) is 16.6 Å². The molecule has 0 fully saturated rings. The molecule has 6 nitrogen and oxygen atoms in total. The molecule has 0 aliphatic rings. The Kier molecular flexibility index (Phi) is 5.13. The standard InChI is InChI=1S/C23H21N3O3S/c1-16-12-13-17(2)21(14-16)30(28,29)25-24-22-19-10-6-7-11-20(19)26(23(22)27)15-18-8-4-3-5-9-18/h3-14,27H,15H2,1-2H3. The highest BCUT2D eigenvalue weighted by molar-refractivity contribution is 7.90. The molecule has 0 aliphatic carbocycles. The third kappa shape index (κ3) is 3.71. The van der Waals surface area contributed by atoms with E-state index in [4.69, 9.17) is 0 Å². The van der Waals surface area contributed by atoms with Crippen LogP contribution in [-0.2, 0) is 16.6 Å². The summed E-state index contributed by atoms with van der Waals surface area (Å²) in [6.07, 6.45) is 0. The molecular formula is C23H21N3O3S. The van der Waals surface area contributed by atoms with Crippen molar-refractivity contribution in [1.29, 1.82) is 0 Å². The van der Waals surface area contributed by atoms with Crippen LogP contribution in [0.5, 0.6) is 5.88 Å². The summed E-state index contributed by atoms with van der Waals surface area (Å²) in [6.45, 7) is 3.95. The Morgan fingerprint density at radius 2 is 1.63 bits per heavy atom. The van der Waals surface area contributed by atoms with Gasteiger partial charge in [-0.15, -0.1) is 5.11 Å². The first-order chi connectivity index (χ1) is 14.4. The average molecular weight is 420 g/mol. The number of para-hydroxylation sites is 1. The van der Waals surface area contributed by atoms with Gasteiger partial charge in [-0.1, -0.05) is 65.2 Å². The van der Waals surface area contributed by atoms with Gasteiger partial charge in [-0.25, -0.2) is 0 Å². The van der Waals surface area contributed by atoms with Crippen molar-refractivity contribution in [3.05, 3.63) is 89.5 Å². The normalized spacial score (nSPS) is 12.1. The lowest BCUT2D eigenvalue weighted by molar-refractivity contribution is 0.429. The highest BCUT2D eigenvalue weighted by atomic mass is 32.2. The maximum Gasteiger partial charge on any atom is 0.300 e. The number of aryl methyl sites for hydroxylation is 2. The van der Waals surface area contributed by atoms with Gasteiger partial charge >= 0.3 is 0 Å². The number of aromatic hydroxyl groups is 1. The Hall–Kier alpha value is -3.45. The SMILES string of the molecule is Cc1ccc(C)c(S(=O)(=O)N=Nc2c(O)n(Cc3ccccc3)c3ccccc23)c1. The van der Waals surface area contributed by atoms with Gasteiger partial charge in [-0.2, -0.15) is 8.42 Å². The largest absolute Gasteiger partial charge is 0.493 e. The number of hydrogen-bond acceptors (Lipinski definition) is 4. The smallest absolute Gasteiger partial charge is 0.300 e. The molecule has 0 spiro atoms. The summed E-state index contributed by atoms with van der Waals surface area (Å²) in [5.74, 6) is -0.125. The van der Waals surface area contributed by atoms with Crippen LogP contribution in [0, 0.1) is 13.8 Å². The minimum atomic E-state index is -4.01. The van der Waals surface area contributed by atoms with Crippen LogP contribution in [0.1, 0.15) is 16.7 Å². The predicted octanol–water partition coefficient (Wildman–Crippen LogP) is 5.48. The zero-order valence-electron chi connectivity index (χ0n) is 16.6. The van der Waals surface area contributed by atoms with E-state index in [1.54, 1.807) is 29.7 Å². The maximum absolute atomic E-state index is 12.8. The van der Waals surface area contributed by atoms with Crippen molar-refractivity contribution in [2.45, 2.75) is 25.3 Å². The topological polar surface area (TPSA) is 84.0 Å². The van der Waals surface area contributed by atoms with Crippen LogP contribution in [0.15, 0.2) is 87.3 Å². The fraction of sp³-hybridized carbons (Fsp3) is 0.130. The third-order valence-electron chi connectivity index (χ3n) is 4.97. The number of rotatable bonds is 5. The second-order valence-electron chi connectivity index (χ2n) is 7.19. The summed E-state index contributed by atoms with van der Waals surface area (Å²) in [7, 11) is -4.01. The first-order valence-electron chi connectivity index (χ1n) is 9.46. The highest BCUT2D eigenvalue weighted by Gasteiger charge is 2.20. The molecule has 3 aromatic carbocycles. The molecule has 152 valence electrons. The number of fused-ring (bicyclic) bond motifs is 1. The van der Waals surface area contributed by atoms with E-state index in [0.29, 0.717) is 17.5 Å². The van der Waals surface area contributed by atoms with Gasteiger partial charge in [-0.05, 0) is 42.7 Å². The van der Waals surface area contributed by atoms with Crippen molar-refractivity contribution >= 4 is 26.6 Å². The van der Waals surface area contributed by atoms with Crippen molar-refractivity contribution in [3.63, 3.8) is 0 Å². The molecule has 4 rings (SSSR count). The van der Waals surface area contributed by atoms with E-state index < -0.39 is 10.0 Å². The van der Waals surface area contributed by atoms with Gasteiger partial charge < -0.3 is 9.67 Å². The summed E-state index contributed by atoms with van der Waals surface area (Å²) >= 11 is 0. The summed E-state index contributed by atoms with van der Waals surface area (Å²) in [4.78, 5) is 0.110. The minimum Gasteiger partial charge on any atom is -0.493 e. The molecule has 7 heteroatoms. The number of nitrogens with zero attached hydrogens (tertiary/aromatic N) is 3. The van der Waals surface area contributed by atoms with Crippen LogP contribution in [0.25, 0.3) is 10.9 Å². The molecule has 1 heterocycles. The van der Waals surface area contributed by atoms with Gasteiger partial charge in [0.15, 0.2) is 5.69 Å². The fourth-order valence-corrected chi connectivity index (χ4v) is 4.51. The summed E-state index contributed by atoms with van der Waals surface area (Å²) in [5.41, 5.74) is 3.29. The molecule has 0 atom stereocenters. The van der Waals surface area contributed by atoms with E-state index in [2.05, 4.69) is 9.63 Å². The van der Waals surface area contributed by atoms with Gasteiger partial charge in [0.05, 0.1) is 17.0 Å². The molecule has 30 heavy (non-hydrogen) atoms. The Morgan fingerprint density at radius 3 is 2.40 bits per heavy atom. The van der Waals surface area contributed by atoms with E-state index in [9.17, 15) is 13.5 Å². The molecule has 0 saturated carbocycles. The molecule has 0 saturated heterocycles. The van der Waals surface area contributed by atoms with Gasteiger partial charge in [0.1, 0.15) is 0 Å². The van der Waals surface area contributed by atoms with Gasteiger partial charge in [-0.3, -0.25) is 0 Å². The first-order valence-corrected chi connectivity index (χ1v) is 10.9. The van der Waals surface area contributed by atoms with Crippen LogP contribution >= 0.6 is 0 Å². The summed E-state index contributed by atoms with van der Waals surface area (Å²) in [5, 5.41) is 15.5. The Labute approximate surface area is 175 Å². The van der Waals surface area contributed by atoms with E-state index in [1.165, 1.54) is 0 Å². The van der Waals surface area contributed by atoms with Crippen molar-refractivity contribution < 1.29 is 13.5 Å². The molecule has 0 amide bonds. The van der Waals surface area contributed by atoms with Crippen LogP contribution in [0.4, 0.5) is 5.69 Å². The zero-order chi connectivity index (χ0) is 21.3. The van der Waals surface area contributed by atoms with Crippen LogP contribution < -0.4 is 0 Å². The number of hydrogen-bond donors (Lipinski definition) is 1. The third-order valence-corrected chi connectivity index (χ3v) is 6.26. The van der Waals surface area contributed by atoms with Crippen molar-refractivity contribution in [1.82, 2.24) is 4.57 Å². The Bertz CT molecular complexity index is 1360. The predicted molar refractivity (Wildman–Crippen MR) is 117 cm³/mol. The number of benzene rings is 3. The molecule has 0 unspecified atom stereocenters. The number of aromatic nitrogens is 1.